The van der Waals surface area contributed by atoms with E-state index in [0.29, 0.717) is 18.4 Å². The van der Waals surface area contributed by atoms with Crippen LogP contribution in [0.2, 0.25) is 0 Å². The molecular formula is C10H17N2Na2O7P. The van der Waals surface area contributed by atoms with Crippen LogP contribution in [-0.4, -0.2) is 91.1 Å². The van der Waals surface area contributed by atoms with E-state index >= 15 is 0 Å². The number of aryl methyl sites for hydroxylation is 1. The summed E-state index contributed by atoms with van der Waals surface area (Å²) in [5.41, 5.74) is -0.687. The number of aromatic nitrogens is 2. The van der Waals surface area contributed by atoms with Gasteiger partial charge < -0.3 is 19.3 Å². The average Bonchev–Trinajstić information content (AvgIpc) is 2.79. The Kier molecular flexibility index (Phi) is 9.61. The zero-order valence-electron chi connectivity index (χ0n) is 10.7. The monoisotopic (exact) mass is 354 g/mol. The predicted molar refractivity (Wildman–Crippen MR) is 81.5 cm³/mol. The Morgan fingerprint density at radius 1 is 1.41 bits per heavy atom. The quantitative estimate of drug-likeness (QED) is 0.435. The Balaban J connectivity index is 0.00000220. The van der Waals surface area contributed by atoms with Crippen LogP contribution in [0.25, 0.3) is 0 Å². The van der Waals surface area contributed by atoms with Gasteiger partial charge in [0.1, 0.15) is 6.23 Å². The molecule has 1 aromatic rings. The van der Waals surface area contributed by atoms with E-state index in [1.54, 1.807) is 6.92 Å². The molecule has 1 fully saturated rings. The molecule has 3 N–H and O–H groups in total. The SMILES string of the molecule is Cc1cn([C@H]2CC[C@@H](OCP(=O)(O)O)O2)c(=O)[nH]c1=O.[NaH].[NaH]. The van der Waals surface area contributed by atoms with Crippen LogP contribution in [0.5, 0.6) is 0 Å². The first kappa shape index (κ1) is 22.8. The standard InChI is InChI=1S/C10H15N2O7P.2Na.2H/c1-6-4-12(10(14)11-9(6)13)7-2-3-8(19-7)18-5-20(15,16)17;;;;/h4,7-8H,2-3,5H2,1H3,(H,11,13,14)(H2,15,16,17);;;;/t7-,8+;;;;/m1..../s1. The van der Waals surface area contributed by atoms with Crippen molar-refractivity contribution in [1.29, 1.82) is 0 Å². The van der Waals surface area contributed by atoms with E-state index in [1.807, 2.05) is 0 Å². The van der Waals surface area contributed by atoms with E-state index in [4.69, 9.17) is 19.3 Å². The number of aromatic amines is 1. The molecule has 1 aliphatic rings. The van der Waals surface area contributed by atoms with Gasteiger partial charge in [0.25, 0.3) is 5.56 Å². The summed E-state index contributed by atoms with van der Waals surface area (Å²) in [6.07, 6.45) is 0.0831. The Hall–Kier alpha value is 0.750. The molecule has 0 radical (unpaired) electrons. The zero-order valence-corrected chi connectivity index (χ0v) is 11.6. The Morgan fingerprint density at radius 2 is 2.05 bits per heavy atom. The molecule has 1 aromatic heterocycles. The van der Waals surface area contributed by atoms with Gasteiger partial charge in [-0.05, 0) is 13.3 Å². The van der Waals surface area contributed by atoms with Crippen molar-refractivity contribution in [3.8, 4) is 0 Å². The van der Waals surface area contributed by atoms with Crippen LogP contribution in [0.4, 0.5) is 0 Å². The van der Waals surface area contributed by atoms with Gasteiger partial charge in [0, 0.05) is 18.2 Å². The van der Waals surface area contributed by atoms with E-state index in [2.05, 4.69) is 4.98 Å². The molecule has 0 aliphatic carbocycles. The van der Waals surface area contributed by atoms with Crippen LogP contribution in [0.1, 0.15) is 24.6 Å². The van der Waals surface area contributed by atoms with Crippen LogP contribution in [0, 0.1) is 6.92 Å². The van der Waals surface area contributed by atoms with Crippen LogP contribution in [0.3, 0.4) is 0 Å². The van der Waals surface area contributed by atoms with E-state index in [0.717, 1.165) is 0 Å². The molecule has 9 nitrogen and oxygen atoms in total. The fourth-order valence-corrected chi connectivity index (χ4v) is 2.26. The number of rotatable bonds is 4. The summed E-state index contributed by atoms with van der Waals surface area (Å²) in [4.78, 5) is 42.5. The van der Waals surface area contributed by atoms with Gasteiger partial charge in [0.15, 0.2) is 12.6 Å². The summed E-state index contributed by atoms with van der Waals surface area (Å²) in [6.45, 7) is 1.56. The Morgan fingerprint density at radius 3 is 2.64 bits per heavy atom. The van der Waals surface area contributed by atoms with E-state index in [1.165, 1.54) is 10.8 Å². The number of nitrogens with one attached hydrogen (secondary N) is 1. The Bertz CT molecular complexity index is 655. The van der Waals surface area contributed by atoms with Crippen molar-refractivity contribution >= 4 is 66.7 Å². The minimum absolute atomic E-state index is 0. The van der Waals surface area contributed by atoms with Crippen LogP contribution >= 0.6 is 7.60 Å². The molecule has 2 rings (SSSR count). The molecule has 0 spiro atoms. The molecule has 22 heavy (non-hydrogen) atoms. The number of H-pyrrole nitrogens is 1. The first-order valence-electron chi connectivity index (χ1n) is 5.90. The molecule has 0 amide bonds. The number of nitrogens with zero attached hydrogens (tertiary/aromatic N) is 1. The van der Waals surface area contributed by atoms with Gasteiger partial charge in [-0.25, -0.2) is 4.79 Å². The average molecular weight is 354 g/mol. The summed E-state index contributed by atoms with van der Waals surface area (Å²) in [6, 6.07) is 0. The molecule has 116 valence electrons. The molecule has 0 saturated carbocycles. The van der Waals surface area contributed by atoms with Crippen LogP contribution in [-0.2, 0) is 14.0 Å². The van der Waals surface area contributed by atoms with Crippen molar-refractivity contribution in [3.63, 3.8) is 0 Å². The molecule has 2 heterocycles. The fraction of sp³-hybridized carbons (Fsp3) is 0.600. The first-order chi connectivity index (χ1) is 9.26. The fourth-order valence-electron chi connectivity index (χ4n) is 1.90. The number of hydrogen-bond acceptors (Lipinski definition) is 5. The van der Waals surface area contributed by atoms with Crippen molar-refractivity contribution < 1.29 is 23.8 Å². The van der Waals surface area contributed by atoms with Crippen molar-refractivity contribution in [3.05, 3.63) is 32.6 Å². The summed E-state index contributed by atoms with van der Waals surface area (Å²) in [7, 11) is -4.25. The molecule has 12 heteroatoms. The van der Waals surface area contributed by atoms with Gasteiger partial charge in [0.2, 0.25) is 0 Å². The van der Waals surface area contributed by atoms with E-state index in [-0.39, 0.29) is 59.1 Å². The molecule has 1 aliphatic heterocycles. The maximum atomic E-state index is 11.7. The molecule has 0 bridgehead atoms. The van der Waals surface area contributed by atoms with Crippen LogP contribution < -0.4 is 11.2 Å². The second kappa shape index (κ2) is 9.29. The predicted octanol–water partition coefficient (Wildman–Crippen LogP) is -1.67. The summed E-state index contributed by atoms with van der Waals surface area (Å²) in [5.74, 6) is 0. The molecule has 1 saturated heterocycles. The normalized spacial score (nSPS) is 21.0. The third-order valence-corrected chi connectivity index (χ3v) is 3.33. The number of hydrogen-bond donors (Lipinski definition) is 3. The van der Waals surface area contributed by atoms with Gasteiger partial charge in [-0.2, -0.15) is 0 Å². The van der Waals surface area contributed by atoms with Gasteiger partial charge in [-0.1, -0.05) is 0 Å². The second-order valence-corrected chi connectivity index (χ2v) is 6.12. The van der Waals surface area contributed by atoms with Crippen molar-refractivity contribution in [2.75, 3.05) is 6.35 Å². The van der Waals surface area contributed by atoms with Crippen molar-refractivity contribution in [2.45, 2.75) is 32.3 Å². The van der Waals surface area contributed by atoms with E-state index < -0.39 is 37.7 Å². The maximum absolute atomic E-state index is 11.7. The third kappa shape index (κ3) is 6.33. The third-order valence-electron chi connectivity index (χ3n) is 2.84. The topological polar surface area (TPSA) is 131 Å². The summed E-state index contributed by atoms with van der Waals surface area (Å²) in [5, 5.41) is 0. The number of ether oxygens (including phenoxy) is 2. The zero-order chi connectivity index (χ0) is 14.9. The summed E-state index contributed by atoms with van der Waals surface area (Å²) >= 11 is 0. The van der Waals surface area contributed by atoms with E-state index in [9.17, 15) is 14.2 Å². The van der Waals surface area contributed by atoms with Crippen molar-refractivity contribution in [2.24, 2.45) is 0 Å². The van der Waals surface area contributed by atoms with Gasteiger partial charge in [-0.15, -0.1) is 0 Å². The molecular weight excluding hydrogens is 337 g/mol. The molecule has 2 atom stereocenters. The van der Waals surface area contributed by atoms with Gasteiger partial charge >= 0.3 is 72.4 Å². The minimum atomic E-state index is -4.25. The second-order valence-electron chi connectivity index (χ2n) is 4.54. The van der Waals surface area contributed by atoms with Gasteiger partial charge in [-0.3, -0.25) is 18.9 Å². The first-order valence-corrected chi connectivity index (χ1v) is 7.70. The Labute approximate surface area is 170 Å². The van der Waals surface area contributed by atoms with Crippen LogP contribution in [0.15, 0.2) is 15.8 Å². The summed E-state index contributed by atoms with van der Waals surface area (Å²) < 4.78 is 22.3. The van der Waals surface area contributed by atoms with Crippen molar-refractivity contribution in [1.82, 2.24) is 9.55 Å². The van der Waals surface area contributed by atoms with Gasteiger partial charge in [0.05, 0.1) is 0 Å². The molecule has 0 aromatic carbocycles. The molecule has 0 unspecified atom stereocenters.